The molecule has 6 atom stereocenters. The van der Waals surface area contributed by atoms with Crippen molar-refractivity contribution in [2.75, 3.05) is 0 Å². The van der Waals surface area contributed by atoms with Gasteiger partial charge in [-0.25, -0.2) is 14.5 Å². The number of carbonyl (C=O) groups is 1. The van der Waals surface area contributed by atoms with E-state index in [2.05, 4.69) is 10.1 Å². The summed E-state index contributed by atoms with van der Waals surface area (Å²) in [4.78, 5) is 15.7. The van der Waals surface area contributed by atoms with Crippen molar-refractivity contribution in [3.05, 3.63) is 65.2 Å². The van der Waals surface area contributed by atoms with Gasteiger partial charge in [-0.2, -0.15) is 18.3 Å². The smallest absolute Gasteiger partial charge is 0.416 e. The monoisotopic (exact) mass is 587 g/mol. The summed E-state index contributed by atoms with van der Waals surface area (Å²) in [5.41, 5.74) is -3.94. The van der Waals surface area contributed by atoms with E-state index in [1.807, 2.05) is 0 Å². The predicted molar refractivity (Wildman–Crippen MR) is 125 cm³/mol. The Morgan fingerprint density at radius 1 is 1.12 bits per heavy atom. The highest BCUT2D eigenvalue weighted by Gasteiger charge is 2.62. The largest absolute Gasteiger partial charge is 0.479 e. The first-order valence-electron chi connectivity index (χ1n) is 11.6. The van der Waals surface area contributed by atoms with E-state index in [9.17, 15) is 38.4 Å². The van der Waals surface area contributed by atoms with Crippen molar-refractivity contribution in [3.63, 3.8) is 0 Å². The summed E-state index contributed by atoms with van der Waals surface area (Å²) >= 11 is 6.27. The van der Waals surface area contributed by atoms with Crippen LogP contribution < -0.4 is 9.47 Å². The number of alkyl halides is 3. The number of ether oxygens (including phenoxy) is 4. The first-order valence-corrected chi connectivity index (χ1v) is 12.0. The van der Waals surface area contributed by atoms with Crippen LogP contribution in [0, 0.1) is 0 Å². The van der Waals surface area contributed by atoms with Gasteiger partial charge >= 0.3 is 18.1 Å². The van der Waals surface area contributed by atoms with E-state index >= 15 is 0 Å². The number of aliphatic hydroxyl groups is 3. The molecule has 0 saturated carbocycles. The van der Waals surface area contributed by atoms with Gasteiger partial charge in [0.15, 0.2) is 12.2 Å². The highest BCUT2D eigenvalue weighted by atomic mass is 35.5. The van der Waals surface area contributed by atoms with Gasteiger partial charge in [0.1, 0.15) is 47.7 Å². The van der Waals surface area contributed by atoms with Crippen LogP contribution in [0.3, 0.4) is 0 Å². The third-order valence-corrected chi connectivity index (χ3v) is 6.75. The Morgan fingerprint density at radius 3 is 2.48 bits per heavy atom. The van der Waals surface area contributed by atoms with E-state index in [0.29, 0.717) is 0 Å². The lowest BCUT2D eigenvalue weighted by atomic mass is 9.89. The average Bonchev–Trinajstić information content (AvgIpc) is 3.38. The van der Waals surface area contributed by atoms with Gasteiger partial charge in [-0.1, -0.05) is 17.7 Å². The molecule has 3 aliphatic heterocycles. The highest BCUT2D eigenvalue weighted by Crippen LogP contribution is 2.47. The number of aromatic nitrogens is 3. The van der Waals surface area contributed by atoms with Crippen molar-refractivity contribution < 1.29 is 57.3 Å². The van der Waals surface area contributed by atoms with Crippen molar-refractivity contribution in [3.8, 4) is 17.2 Å². The summed E-state index contributed by atoms with van der Waals surface area (Å²) in [5.74, 6) is -5.42. The molecule has 2 aromatic carbocycles. The standard InChI is InChI=1S/C24H21ClF3N3O9/c1-22(8-31-10-29-9-30-31)13-4-2-11(6-14(13)23(26,27)28)37-12-3-5-15(25)16(7-12)38-24(40-22)20(34)18(33)17(32)19(39-24)21(35)36/h2-7,9-10,17-20,32-34H,8H2,1H3,(H,35,36)/t17-,18-,19-,20+,22?,24-/m0/s1. The van der Waals surface area contributed by atoms with Gasteiger partial charge in [-0.15, -0.1) is 0 Å². The maximum absolute atomic E-state index is 14.4. The summed E-state index contributed by atoms with van der Waals surface area (Å²) in [5, 5.41) is 45.6. The molecule has 6 rings (SSSR count). The first-order chi connectivity index (χ1) is 18.7. The fraction of sp³-hybridized carbons (Fsp3) is 0.375. The fourth-order valence-electron chi connectivity index (χ4n) is 4.58. The van der Waals surface area contributed by atoms with Gasteiger partial charge in [0, 0.05) is 6.07 Å². The second-order valence-corrected chi connectivity index (χ2v) is 9.74. The Hall–Kier alpha value is -3.47. The summed E-state index contributed by atoms with van der Waals surface area (Å²) in [6.07, 6.45) is -11.7. The maximum atomic E-state index is 14.4. The van der Waals surface area contributed by atoms with Crippen LogP contribution in [-0.4, -0.2) is 71.5 Å². The normalized spacial score (nSPS) is 30.2. The molecule has 4 heterocycles. The third kappa shape index (κ3) is 4.95. The Bertz CT molecular complexity index is 1430. The van der Waals surface area contributed by atoms with Crippen LogP contribution in [0.15, 0.2) is 49.1 Å². The molecule has 0 aliphatic carbocycles. The molecular formula is C24H21ClF3N3O9. The molecule has 4 N–H and O–H groups in total. The number of halogens is 4. The lowest BCUT2D eigenvalue weighted by Crippen LogP contribution is -2.70. The number of hydrogen-bond donors (Lipinski definition) is 4. The number of aliphatic carboxylic acids is 1. The van der Waals surface area contributed by atoms with E-state index in [-0.39, 0.29) is 22.3 Å². The predicted octanol–water partition coefficient (Wildman–Crippen LogP) is 2.29. The van der Waals surface area contributed by atoms with Gasteiger partial charge in [0.25, 0.3) is 0 Å². The second kappa shape index (κ2) is 9.87. The van der Waals surface area contributed by atoms with Gasteiger partial charge in [-0.3, -0.25) is 4.74 Å². The third-order valence-electron chi connectivity index (χ3n) is 6.44. The molecule has 0 radical (unpaired) electrons. The Labute approximate surface area is 228 Å². The van der Waals surface area contributed by atoms with E-state index in [1.54, 1.807) is 0 Å². The molecule has 214 valence electrons. The molecule has 40 heavy (non-hydrogen) atoms. The summed E-state index contributed by atoms with van der Waals surface area (Å²) in [6.45, 7) is 0.666. The molecule has 4 bridgehead atoms. The number of aliphatic hydroxyl groups excluding tert-OH is 3. The van der Waals surface area contributed by atoms with Crippen molar-refractivity contribution in [2.45, 2.75) is 55.6 Å². The fourth-order valence-corrected chi connectivity index (χ4v) is 4.74. The molecule has 3 aliphatic rings. The molecule has 1 spiro atoms. The Kier molecular flexibility index (Phi) is 6.92. The Balaban J connectivity index is 1.80. The average molecular weight is 588 g/mol. The number of carboxylic acid groups (broad SMARTS) is 1. The van der Waals surface area contributed by atoms with E-state index in [0.717, 1.165) is 29.2 Å². The highest BCUT2D eigenvalue weighted by molar-refractivity contribution is 6.32. The summed E-state index contributed by atoms with van der Waals surface area (Å²) in [6, 6.07) is 6.76. The van der Waals surface area contributed by atoms with Gasteiger partial charge < -0.3 is 34.6 Å². The molecule has 1 fully saturated rings. The summed E-state index contributed by atoms with van der Waals surface area (Å²) in [7, 11) is 0. The van der Waals surface area contributed by atoms with Crippen LogP contribution in [0.2, 0.25) is 5.02 Å². The molecule has 1 unspecified atom stereocenters. The van der Waals surface area contributed by atoms with E-state index in [1.165, 1.54) is 31.5 Å². The van der Waals surface area contributed by atoms with Crippen LogP contribution in [0.25, 0.3) is 0 Å². The van der Waals surface area contributed by atoms with Crippen LogP contribution in [-0.2, 0) is 32.6 Å². The quantitative estimate of drug-likeness (QED) is 0.355. The first kappa shape index (κ1) is 28.1. The van der Waals surface area contributed by atoms with Gasteiger partial charge in [-0.05, 0) is 36.8 Å². The van der Waals surface area contributed by atoms with Gasteiger partial charge in [0.05, 0.1) is 17.1 Å². The van der Waals surface area contributed by atoms with Crippen LogP contribution >= 0.6 is 11.6 Å². The van der Waals surface area contributed by atoms with Crippen LogP contribution in [0.5, 0.6) is 17.2 Å². The Morgan fingerprint density at radius 2 is 1.82 bits per heavy atom. The number of benzene rings is 2. The molecule has 3 aromatic rings. The summed E-state index contributed by atoms with van der Waals surface area (Å²) < 4.78 is 67.4. The minimum absolute atomic E-state index is 0.0537. The number of carboxylic acids is 1. The minimum atomic E-state index is -4.96. The SMILES string of the molecule is CC1(Cn2cncn2)O[C@@]2(Oc3cc(ccc3Cl)Oc3ccc1c(C(F)(F)F)c3)O[C@H](C(=O)O)[C@@H](O)[C@H](O)[C@H]2O. The molecule has 1 saturated heterocycles. The topological polar surface area (TPSA) is 166 Å². The second-order valence-electron chi connectivity index (χ2n) is 9.33. The molecule has 1 aromatic heterocycles. The van der Waals surface area contributed by atoms with Gasteiger partial charge in [0.2, 0.25) is 0 Å². The van der Waals surface area contributed by atoms with E-state index < -0.39 is 65.8 Å². The number of fused-ring (bicyclic) bond motifs is 3. The van der Waals surface area contributed by atoms with Crippen molar-refractivity contribution in [1.82, 2.24) is 14.8 Å². The lowest BCUT2D eigenvalue weighted by Gasteiger charge is -2.49. The lowest BCUT2D eigenvalue weighted by molar-refractivity contribution is -0.455. The van der Waals surface area contributed by atoms with E-state index in [4.69, 9.17) is 30.5 Å². The molecular weight excluding hydrogens is 567 g/mol. The molecule has 0 amide bonds. The zero-order valence-corrected chi connectivity index (χ0v) is 21.1. The van der Waals surface area contributed by atoms with Crippen LogP contribution in [0.1, 0.15) is 18.1 Å². The molecule has 12 nitrogen and oxygen atoms in total. The van der Waals surface area contributed by atoms with Crippen LogP contribution in [0.4, 0.5) is 13.2 Å². The number of rotatable bonds is 3. The maximum Gasteiger partial charge on any atom is 0.416 e. The zero-order chi connectivity index (χ0) is 29.0. The molecule has 16 heteroatoms. The van der Waals surface area contributed by atoms with Crippen molar-refractivity contribution >= 4 is 17.6 Å². The zero-order valence-electron chi connectivity index (χ0n) is 20.3. The van der Waals surface area contributed by atoms with Crippen molar-refractivity contribution in [2.24, 2.45) is 0 Å². The minimum Gasteiger partial charge on any atom is -0.479 e. The number of hydrogen-bond acceptors (Lipinski definition) is 10. The number of nitrogens with zero attached hydrogens (tertiary/aromatic N) is 3. The van der Waals surface area contributed by atoms with Crippen molar-refractivity contribution in [1.29, 1.82) is 0 Å².